The second kappa shape index (κ2) is 7.67. The van der Waals surface area contributed by atoms with Gasteiger partial charge >= 0.3 is 0 Å². The molecule has 1 nitrogen and oxygen atoms in total. The maximum absolute atomic E-state index is 3.75. The molecule has 2 heteroatoms. The van der Waals surface area contributed by atoms with Crippen molar-refractivity contribution in [2.45, 2.75) is 31.1 Å². The van der Waals surface area contributed by atoms with E-state index >= 15 is 0 Å². The van der Waals surface area contributed by atoms with Crippen LogP contribution in [0.3, 0.4) is 0 Å². The third-order valence-electron chi connectivity index (χ3n) is 3.81. The molecular weight excluding hydrogens is 274 g/mol. The quantitative estimate of drug-likeness (QED) is 0.795. The summed E-state index contributed by atoms with van der Waals surface area (Å²) in [7, 11) is 0. The smallest absolute Gasteiger partial charge is 0.0361 e. The molecule has 0 bridgehead atoms. The van der Waals surface area contributed by atoms with E-state index in [0.717, 1.165) is 13.0 Å². The van der Waals surface area contributed by atoms with Crippen molar-refractivity contribution in [2.24, 2.45) is 0 Å². The van der Waals surface area contributed by atoms with E-state index in [2.05, 4.69) is 86.1 Å². The van der Waals surface area contributed by atoms with Gasteiger partial charge in [0.15, 0.2) is 0 Å². The number of rotatable bonds is 7. The van der Waals surface area contributed by atoms with Crippen molar-refractivity contribution in [3.8, 4) is 0 Å². The molecule has 0 aliphatic heterocycles. The van der Waals surface area contributed by atoms with E-state index < -0.39 is 0 Å². The Kier molecular flexibility index (Phi) is 5.89. The van der Waals surface area contributed by atoms with Gasteiger partial charge in [-0.25, -0.2) is 0 Å². The van der Waals surface area contributed by atoms with Crippen LogP contribution in [-0.2, 0) is 6.42 Å². The second-order valence-electron chi connectivity index (χ2n) is 6.00. The van der Waals surface area contributed by atoms with Gasteiger partial charge in [0.25, 0.3) is 0 Å². The molecule has 0 saturated carbocycles. The Morgan fingerprint density at radius 3 is 2.10 bits per heavy atom. The fourth-order valence-electron chi connectivity index (χ4n) is 2.28. The number of hydrogen-bond acceptors (Lipinski definition) is 2. The Bertz CT molecular complexity index is 522. The summed E-state index contributed by atoms with van der Waals surface area (Å²) in [6.45, 7) is 5.57. The molecule has 0 aliphatic rings. The van der Waals surface area contributed by atoms with Crippen LogP contribution >= 0.6 is 11.8 Å². The average molecular weight is 299 g/mol. The Morgan fingerprint density at radius 2 is 1.52 bits per heavy atom. The summed E-state index contributed by atoms with van der Waals surface area (Å²) in [5, 5.41) is 3.75. The standard InChI is InChI=1S/C19H25NS/c1-19(2,21-3)15-20-18(17-12-8-5-9-13-17)14-16-10-6-4-7-11-16/h4-13,18,20H,14-15H2,1-3H3. The molecule has 0 spiro atoms. The van der Waals surface area contributed by atoms with E-state index in [1.165, 1.54) is 11.1 Å². The van der Waals surface area contributed by atoms with Gasteiger partial charge in [0.2, 0.25) is 0 Å². The first kappa shape index (κ1) is 16.1. The zero-order chi connectivity index (χ0) is 15.1. The minimum Gasteiger partial charge on any atom is -0.308 e. The zero-order valence-corrected chi connectivity index (χ0v) is 14.0. The average Bonchev–Trinajstić information content (AvgIpc) is 2.53. The van der Waals surface area contributed by atoms with E-state index in [-0.39, 0.29) is 4.75 Å². The molecule has 1 atom stereocenters. The van der Waals surface area contributed by atoms with E-state index in [4.69, 9.17) is 0 Å². The van der Waals surface area contributed by atoms with Crippen molar-refractivity contribution in [3.05, 3.63) is 71.8 Å². The van der Waals surface area contributed by atoms with Gasteiger partial charge in [0, 0.05) is 17.3 Å². The molecule has 0 heterocycles. The highest BCUT2D eigenvalue weighted by atomic mass is 32.2. The molecule has 0 aliphatic carbocycles. The van der Waals surface area contributed by atoms with E-state index in [0.29, 0.717) is 6.04 Å². The van der Waals surface area contributed by atoms with Crippen LogP contribution in [0.5, 0.6) is 0 Å². The fraction of sp³-hybridized carbons (Fsp3) is 0.368. The topological polar surface area (TPSA) is 12.0 Å². The van der Waals surface area contributed by atoms with Crippen LogP contribution in [0.15, 0.2) is 60.7 Å². The van der Waals surface area contributed by atoms with Crippen LogP contribution in [0.1, 0.15) is 31.0 Å². The molecule has 1 N–H and O–H groups in total. The van der Waals surface area contributed by atoms with Gasteiger partial charge in [-0.05, 0) is 37.7 Å². The van der Waals surface area contributed by atoms with E-state index in [1.54, 1.807) is 0 Å². The molecule has 0 radical (unpaired) electrons. The SMILES string of the molecule is CSC(C)(C)CNC(Cc1ccccc1)c1ccccc1. The fourth-order valence-corrected chi connectivity index (χ4v) is 2.51. The van der Waals surface area contributed by atoms with Crippen molar-refractivity contribution < 1.29 is 0 Å². The van der Waals surface area contributed by atoms with Gasteiger partial charge in [0.05, 0.1) is 0 Å². The lowest BCUT2D eigenvalue weighted by Crippen LogP contribution is -2.35. The maximum Gasteiger partial charge on any atom is 0.0361 e. The lowest BCUT2D eigenvalue weighted by atomic mass is 9.98. The molecule has 0 amide bonds. The number of benzene rings is 2. The highest BCUT2D eigenvalue weighted by Gasteiger charge is 2.19. The maximum atomic E-state index is 3.75. The van der Waals surface area contributed by atoms with Crippen LogP contribution in [-0.4, -0.2) is 17.5 Å². The molecule has 2 aromatic rings. The molecular formula is C19H25NS. The van der Waals surface area contributed by atoms with Gasteiger partial charge in [-0.1, -0.05) is 60.7 Å². The van der Waals surface area contributed by atoms with Gasteiger partial charge in [-0.15, -0.1) is 0 Å². The van der Waals surface area contributed by atoms with Crippen LogP contribution in [0.2, 0.25) is 0 Å². The lowest BCUT2D eigenvalue weighted by Gasteiger charge is -2.27. The summed E-state index contributed by atoms with van der Waals surface area (Å²) >= 11 is 1.91. The Labute approximate surface area is 133 Å². The summed E-state index contributed by atoms with van der Waals surface area (Å²) in [6, 6.07) is 21.8. The summed E-state index contributed by atoms with van der Waals surface area (Å²) in [5.74, 6) is 0. The molecule has 0 aromatic heterocycles. The van der Waals surface area contributed by atoms with Gasteiger partial charge in [-0.2, -0.15) is 11.8 Å². The summed E-state index contributed by atoms with van der Waals surface area (Å²) in [4.78, 5) is 0. The monoisotopic (exact) mass is 299 g/mol. The normalized spacial score (nSPS) is 13.1. The van der Waals surface area contributed by atoms with E-state index in [9.17, 15) is 0 Å². The van der Waals surface area contributed by atoms with Crippen molar-refractivity contribution >= 4 is 11.8 Å². The van der Waals surface area contributed by atoms with Gasteiger partial charge in [-0.3, -0.25) is 0 Å². The minimum atomic E-state index is 0.254. The third kappa shape index (κ3) is 5.22. The molecule has 1 unspecified atom stereocenters. The van der Waals surface area contributed by atoms with Crippen molar-refractivity contribution in [1.82, 2.24) is 5.32 Å². The minimum absolute atomic E-state index is 0.254. The van der Waals surface area contributed by atoms with Crippen LogP contribution in [0, 0.1) is 0 Å². The number of hydrogen-bond donors (Lipinski definition) is 1. The first-order valence-electron chi connectivity index (χ1n) is 7.48. The third-order valence-corrected chi connectivity index (χ3v) is 5.06. The predicted molar refractivity (Wildman–Crippen MR) is 94.9 cm³/mol. The summed E-state index contributed by atoms with van der Waals surface area (Å²) in [6.07, 6.45) is 3.20. The zero-order valence-electron chi connectivity index (χ0n) is 13.2. The Balaban J connectivity index is 2.11. The van der Waals surface area contributed by atoms with Gasteiger partial charge in [0.1, 0.15) is 0 Å². The van der Waals surface area contributed by atoms with Crippen molar-refractivity contribution in [3.63, 3.8) is 0 Å². The first-order valence-corrected chi connectivity index (χ1v) is 8.70. The van der Waals surface area contributed by atoms with Crippen LogP contribution in [0.4, 0.5) is 0 Å². The summed E-state index contributed by atoms with van der Waals surface area (Å²) < 4.78 is 0.254. The van der Waals surface area contributed by atoms with Gasteiger partial charge < -0.3 is 5.32 Å². The van der Waals surface area contributed by atoms with E-state index in [1.807, 2.05) is 11.8 Å². The Hall–Kier alpha value is -1.25. The first-order chi connectivity index (χ1) is 10.1. The second-order valence-corrected chi connectivity index (χ2v) is 7.51. The molecule has 2 rings (SSSR count). The van der Waals surface area contributed by atoms with Crippen LogP contribution < -0.4 is 5.32 Å². The molecule has 112 valence electrons. The predicted octanol–water partition coefficient (Wildman–Crippen LogP) is 4.70. The highest BCUT2D eigenvalue weighted by molar-refractivity contribution is 7.99. The molecule has 21 heavy (non-hydrogen) atoms. The van der Waals surface area contributed by atoms with Crippen molar-refractivity contribution in [2.75, 3.05) is 12.8 Å². The summed E-state index contributed by atoms with van der Waals surface area (Å²) in [5.41, 5.74) is 2.74. The Morgan fingerprint density at radius 1 is 0.952 bits per heavy atom. The molecule has 0 fully saturated rings. The molecule has 2 aromatic carbocycles. The largest absolute Gasteiger partial charge is 0.308 e. The highest BCUT2D eigenvalue weighted by Crippen LogP contribution is 2.23. The molecule has 0 saturated heterocycles. The van der Waals surface area contributed by atoms with Crippen molar-refractivity contribution in [1.29, 1.82) is 0 Å². The number of nitrogens with one attached hydrogen (secondary N) is 1. The lowest BCUT2D eigenvalue weighted by molar-refractivity contribution is 0.493. The van der Waals surface area contributed by atoms with Crippen LogP contribution in [0.25, 0.3) is 0 Å². The number of thioether (sulfide) groups is 1.